The van der Waals surface area contributed by atoms with Crippen LogP contribution < -0.4 is 4.74 Å². The van der Waals surface area contributed by atoms with Crippen LogP contribution in [0.2, 0.25) is 0 Å². The molecule has 0 unspecified atom stereocenters. The summed E-state index contributed by atoms with van der Waals surface area (Å²) in [5, 5.41) is 0. The monoisotopic (exact) mass is 291 g/mol. The Balaban J connectivity index is 2.09. The number of ether oxygens (including phenoxy) is 1. The van der Waals surface area contributed by atoms with Crippen LogP contribution in [-0.2, 0) is 6.61 Å². The van der Waals surface area contributed by atoms with Crippen molar-refractivity contribution in [1.29, 1.82) is 0 Å². The average molecular weight is 292 g/mol. The maximum absolute atomic E-state index is 5.77. The van der Waals surface area contributed by atoms with E-state index in [-0.39, 0.29) is 0 Å². The van der Waals surface area contributed by atoms with Gasteiger partial charge < -0.3 is 4.74 Å². The topological polar surface area (TPSA) is 22.1 Å². The predicted octanol–water partition coefficient (Wildman–Crippen LogP) is 4.04. The molecular formula is C14H14BrNO. The third kappa shape index (κ3) is 3.30. The molecule has 0 atom stereocenters. The van der Waals surface area contributed by atoms with Gasteiger partial charge in [-0.05, 0) is 43.7 Å². The van der Waals surface area contributed by atoms with Crippen molar-refractivity contribution in [1.82, 2.24) is 4.98 Å². The summed E-state index contributed by atoms with van der Waals surface area (Å²) in [5.74, 6) is 0.891. The first-order chi connectivity index (χ1) is 8.15. The van der Waals surface area contributed by atoms with E-state index in [4.69, 9.17) is 4.74 Å². The van der Waals surface area contributed by atoms with Crippen LogP contribution >= 0.6 is 15.9 Å². The standard InChI is InChI=1S/C14H14BrNO/c1-10-6-7-12(15)8-14(10)17-9-13-5-3-4-11(2)16-13/h3-8H,9H2,1-2H3. The maximum atomic E-state index is 5.77. The second-order valence-electron chi connectivity index (χ2n) is 3.97. The van der Waals surface area contributed by atoms with E-state index < -0.39 is 0 Å². The van der Waals surface area contributed by atoms with Crippen molar-refractivity contribution >= 4 is 15.9 Å². The molecule has 88 valence electrons. The Morgan fingerprint density at radius 1 is 1.18 bits per heavy atom. The van der Waals surface area contributed by atoms with Gasteiger partial charge in [-0.2, -0.15) is 0 Å². The Kier molecular flexibility index (Phi) is 3.79. The first kappa shape index (κ1) is 12.1. The molecule has 3 heteroatoms. The second kappa shape index (κ2) is 5.32. The van der Waals surface area contributed by atoms with Crippen LogP contribution in [0.25, 0.3) is 0 Å². The number of halogens is 1. The van der Waals surface area contributed by atoms with Gasteiger partial charge in [-0.25, -0.2) is 0 Å². The normalized spacial score (nSPS) is 10.3. The Morgan fingerprint density at radius 3 is 2.76 bits per heavy atom. The van der Waals surface area contributed by atoms with Gasteiger partial charge in [0.1, 0.15) is 12.4 Å². The Bertz CT molecular complexity index is 525. The van der Waals surface area contributed by atoms with Crippen molar-refractivity contribution in [2.75, 3.05) is 0 Å². The minimum Gasteiger partial charge on any atom is -0.487 e. The Hall–Kier alpha value is -1.35. The van der Waals surface area contributed by atoms with E-state index in [9.17, 15) is 0 Å². The highest BCUT2D eigenvalue weighted by molar-refractivity contribution is 9.10. The molecule has 17 heavy (non-hydrogen) atoms. The van der Waals surface area contributed by atoms with E-state index in [1.807, 2.05) is 50.2 Å². The molecule has 2 aromatic rings. The smallest absolute Gasteiger partial charge is 0.130 e. The van der Waals surface area contributed by atoms with Gasteiger partial charge >= 0.3 is 0 Å². The SMILES string of the molecule is Cc1cccc(COc2cc(Br)ccc2C)n1. The van der Waals surface area contributed by atoms with Crippen molar-refractivity contribution in [3.63, 3.8) is 0 Å². The summed E-state index contributed by atoms with van der Waals surface area (Å²) in [4.78, 5) is 4.40. The minimum atomic E-state index is 0.499. The number of hydrogen-bond acceptors (Lipinski definition) is 2. The highest BCUT2D eigenvalue weighted by Gasteiger charge is 2.02. The quantitative estimate of drug-likeness (QED) is 0.851. The van der Waals surface area contributed by atoms with Crippen LogP contribution in [0.1, 0.15) is 17.0 Å². The highest BCUT2D eigenvalue weighted by Crippen LogP contribution is 2.23. The van der Waals surface area contributed by atoms with Crippen LogP contribution in [-0.4, -0.2) is 4.98 Å². The van der Waals surface area contributed by atoms with Gasteiger partial charge in [0.25, 0.3) is 0 Å². The van der Waals surface area contributed by atoms with E-state index >= 15 is 0 Å². The molecule has 0 bridgehead atoms. The Morgan fingerprint density at radius 2 is 2.00 bits per heavy atom. The van der Waals surface area contributed by atoms with Gasteiger partial charge in [0, 0.05) is 10.2 Å². The van der Waals surface area contributed by atoms with E-state index in [2.05, 4.69) is 20.9 Å². The zero-order chi connectivity index (χ0) is 12.3. The number of rotatable bonds is 3. The van der Waals surface area contributed by atoms with Crippen LogP contribution in [0.3, 0.4) is 0 Å². The van der Waals surface area contributed by atoms with Crippen LogP contribution in [0.15, 0.2) is 40.9 Å². The van der Waals surface area contributed by atoms with Gasteiger partial charge in [0.15, 0.2) is 0 Å². The first-order valence-electron chi connectivity index (χ1n) is 5.46. The molecule has 0 saturated carbocycles. The van der Waals surface area contributed by atoms with E-state index in [1.54, 1.807) is 0 Å². The summed E-state index contributed by atoms with van der Waals surface area (Å²) in [5.41, 5.74) is 3.09. The fourth-order valence-electron chi connectivity index (χ4n) is 1.56. The van der Waals surface area contributed by atoms with Crippen molar-refractivity contribution in [2.45, 2.75) is 20.5 Å². The van der Waals surface area contributed by atoms with Gasteiger partial charge in [-0.3, -0.25) is 4.98 Å². The van der Waals surface area contributed by atoms with Crippen LogP contribution in [0.4, 0.5) is 0 Å². The molecule has 1 heterocycles. The molecule has 1 aromatic heterocycles. The number of pyridine rings is 1. The molecular weight excluding hydrogens is 278 g/mol. The average Bonchev–Trinajstić information content (AvgIpc) is 2.30. The molecule has 0 N–H and O–H groups in total. The first-order valence-corrected chi connectivity index (χ1v) is 6.26. The lowest BCUT2D eigenvalue weighted by Crippen LogP contribution is -2.00. The molecule has 0 saturated heterocycles. The maximum Gasteiger partial charge on any atom is 0.130 e. The van der Waals surface area contributed by atoms with Crippen molar-refractivity contribution in [3.8, 4) is 5.75 Å². The van der Waals surface area contributed by atoms with Gasteiger partial charge in [-0.15, -0.1) is 0 Å². The largest absolute Gasteiger partial charge is 0.487 e. The van der Waals surface area contributed by atoms with Crippen LogP contribution in [0.5, 0.6) is 5.75 Å². The molecule has 0 radical (unpaired) electrons. The summed E-state index contributed by atoms with van der Waals surface area (Å²) in [6, 6.07) is 12.0. The zero-order valence-corrected chi connectivity index (χ0v) is 11.5. The van der Waals surface area contributed by atoms with Crippen molar-refractivity contribution in [3.05, 3.63) is 57.8 Å². The number of benzene rings is 1. The number of aryl methyl sites for hydroxylation is 2. The van der Waals surface area contributed by atoms with Gasteiger partial charge in [0.05, 0.1) is 5.69 Å². The molecule has 0 fully saturated rings. The molecule has 1 aromatic carbocycles. The lowest BCUT2D eigenvalue weighted by atomic mass is 10.2. The molecule has 0 aliphatic heterocycles. The zero-order valence-electron chi connectivity index (χ0n) is 9.90. The molecule has 0 aliphatic rings. The van der Waals surface area contributed by atoms with Gasteiger partial charge in [0.2, 0.25) is 0 Å². The third-order valence-electron chi connectivity index (χ3n) is 2.47. The fraction of sp³-hybridized carbons (Fsp3) is 0.214. The lowest BCUT2D eigenvalue weighted by molar-refractivity contribution is 0.299. The summed E-state index contributed by atoms with van der Waals surface area (Å²) in [6.45, 7) is 4.51. The molecule has 2 rings (SSSR count). The number of nitrogens with zero attached hydrogens (tertiary/aromatic N) is 1. The number of aromatic nitrogens is 1. The summed E-state index contributed by atoms with van der Waals surface area (Å²) >= 11 is 3.44. The van der Waals surface area contributed by atoms with Crippen molar-refractivity contribution < 1.29 is 4.74 Å². The predicted molar refractivity (Wildman–Crippen MR) is 72.2 cm³/mol. The molecule has 0 amide bonds. The third-order valence-corrected chi connectivity index (χ3v) is 2.96. The minimum absolute atomic E-state index is 0.499. The van der Waals surface area contributed by atoms with Crippen molar-refractivity contribution in [2.24, 2.45) is 0 Å². The second-order valence-corrected chi connectivity index (χ2v) is 4.88. The summed E-state index contributed by atoms with van der Waals surface area (Å²) < 4.78 is 6.79. The molecule has 0 aliphatic carbocycles. The fourth-order valence-corrected chi connectivity index (χ4v) is 1.90. The highest BCUT2D eigenvalue weighted by atomic mass is 79.9. The summed E-state index contributed by atoms with van der Waals surface area (Å²) in [6.07, 6.45) is 0. The van der Waals surface area contributed by atoms with E-state index in [1.165, 1.54) is 0 Å². The van der Waals surface area contributed by atoms with Gasteiger partial charge in [-0.1, -0.05) is 28.1 Å². The van der Waals surface area contributed by atoms with E-state index in [0.29, 0.717) is 6.61 Å². The van der Waals surface area contributed by atoms with E-state index in [0.717, 1.165) is 27.2 Å². The molecule has 2 nitrogen and oxygen atoms in total. The molecule has 0 spiro atoms. The summed E-state index contributed by atoms with van der Waals surface area (Å²) in [7, 11) is 0. The lowest BCUT2D eigenvalue weighted by Gasteiger charge is -2.09. The number of hydrogen-bond donors (Lipinski definition) is 0. The Labute approximate surface area is 110 Å². The van der Waals surface area contributed by atoms with Crippen LogP contribution in [0, 0.1) is 13.8 Å².